The van der Waals surface area contributed by atoms with E-state index in [0.717, 1.165) is 16.0 Å². The molecule has 0 saturated heterocycles. The molecular weight excluding hydrogens is 362 g/mol. The van der Waals surface area contributed by atoms with Gasteiger partial charge in [-0.15, -0.1) is 11.8 Å². The van der Waals surface area contributed by atoms with Gasteiger partial charge in [-0.1, -0.05) is 54.6 Å². The van der Waals surface area contributed by atoms with Crippen LogP contribution in [0.5, 0.6) is 0 Å². The van der Waals surface area contributed by atoms with Crippen molar-refractivity contribution in [2.45, 2.75) is 15.5 Å². The average Bonchev–Trinajstić information content (AvgIpc) is 3.13. The highest BCUT2D eigenvalue weighted by Gasteiger charge is 2.19. The molecule has 5 heteroatoms. The third kappa shape index (κ3) is 3.16. The zero-order valence-corrected chi connectivity index (χ0v) is 15.6. The lowest BCUT2D eigenvalue weighted by atomic mass is 10.2. The van der Waals surface area contributed by atoms with E-state index in [1.54, 1.807) is 42.2 Å². The minimum atomic E-state index is -3.60. The fraction of sp³-hybridized carbons (Fsp3) is 0.0476. The number of hydrogen-bond donors (Lipinski definition) is 0. The second kappa shape index (κ2) is 7.02. The summed E-state index contributed by atoms with van der Waals surface area (Å²) in [5.74, 6) is 0.844. The minimum Gasteiger partial charge on any atom is -0.241 e. The highest BCUT2D eigenvalue weighted by atomic mass is 32.2. The quantitative estimate of drug-likeness (QED) is 0.449. The molecule has 0 fully saturated rings. The normalized spacial score (nSPS) is 11.7. The van der Waals surface area contributed by atoms with Crippen LogP contribution in [-0.4, -0.2) is 12.4 Å². The van der Waals surface area contributed by atoms with Crippen molar-refractivity contribution in [1.82, 2.24) is 3.97 Å². The summed E-state index contributed by atoms with van der Waals surface area (Å²) in [7, 11) is -3.60. The number of fused-ring (bicyclic) bond motifs is 1. The third-order valence-electron chi connectivity index (χ3n) is 4.19. The molecule has 1 aromatic heterocycles. The van der Waals surface area contributed by atoms with E-state index >= 15 is 0 Å². The van der Waals surface area contributed by atoms with E-state index in [0.29, 0.717) is 10.4 Å². The van der Waals surface area contributed by atoms with Crippen molar-refractivity contribution in [2.75, 3.05) is 0 Å². The zero-order chi connectivity index (χ0) is 18.0. The van der Waals surface area contributed by atoms with Crippen LogP contribution in [0.4, 0.5) is 0 Å². The lowest BCUT2D eigenvalue weighted by Gasteiger charge is -2.09. The van der Waals surface area contributed by atoms with Crippen molar-refractivity contribution in [3.63, 3.8) is 0 Å². The van der Waals surface area contributed by atoms with Gasteiger partial charge >= 0.3 is 0 Å². The SMILES string of the molecule is O=S(=O)(c1ccccc1)n1ccc2c(SCc3ccccc3)cccc21. The van der Waals surface area contributed by atoms with Gasteiger partial charge in [-0.3, -0.25) is 0 Å². The first-order valence-corrected chi connectivity index (χ1v) is 10.7. The Kier molecular flexibility index (Phi) is 4.57. The van der Waals surface area contributed by atoms with E-state index in [1.165, 1.54) is 9.54 Å². The van der Waals surface area contributed by atoms with Crippen molar-refractivity contribution in [1.29, 1.82) is 0 Å². The van der Waals surface area contributed by atoms with Crippen LogP contribution in [0.25, 0.3) is 10.9 Å². The fourth-order valence-electron chi connectivity index (χ4n) is 2.89. The molecule has 0 aliphatic heterocycles. The van der Waals surface area contributed by atoms with Gasteiger partial charge < -0.3 is 0 Å². The predicted octanol–water partition coefficient (Wildman–Crippen LogP) is 5.17. The van der Waals surface area contributed by atoms with Crippen LogP contribution in [0.1, 0.15) is 5.56 Å². The second-order valence-electron chi connectivity index (χ2n) is 5.89. The van der Waals surface area contributed by atoms with Gasteiger partial charge in [0.15, 0.2) is 0 Å². The van der Waals surface area contributed by atoms with Gasteiger partial charge in [-0.05, 0) is 35.9 Å². The van der Waals surface area contributed by atoms with Gasteiger partial charge in [0, 0.05) is 22.2 Å². The maximum absolute atomic E-state index is 13.0. The van der Waals surface area contributed by atoms with Gasteiger partial charge in [0.25, 0.3) is 10.0 Å². The molecule has 1 heterocycles. The Morgan fingerprint density at radius 2 is 1.46 bits per heavy atom. The smallest absolute Gasteiger partial charge is 0.241 e. The Bertz CT molecular complexity index is 1130. The number of hydrogen-bond acceptors (Lipinski definition) is 3. The molecule has 3 nitrogen and oxygen atoms in total. The van der Waals surface area contributed by atoms with Crippen molar-refractivity contribution >= 4 is 32.7 Å². The van der Waals surface area contributed by atoms with Crippen LogP contribution in [0.15, 0.2) is 101 Å². The maximum atomic E-state index is 13.0. The van der Waals surface area contributed by atoms with E-state index < -0.39 is 10.0 Å². The van der Waals surface area contributed by atoms with E-state index in [-0.39, 0.29) is 0 Å². The van der Waals surface area contributed by atoms with Gasteiger partial charge in [0.1, 0.15) is 0 Å². The number of aromatic nitrogens is 1. The molecule has 4 rings (SSSR count). The van der Waals surface area contributed by atoms with Gasteiger partial charge in [-0.25, -0.2) is 12.4 Å². The van der Waals surface area contributed by atoms with Crippen LogP contribution in [0.3, 0.4) is 0 Å². The maximum Gasteiger partial charge on any atom is 0.268 e. The van der Waals surface area contributed by atoms with Crippen LogP contribution < -0.4 is 0 Å². The fourth-order valence-corrected chi connectivity index (χ4v) is 5.28. The molecular formula is C21H17NO2S2. The van der Waals surface area contributed by atoms with E-state index in [1.807, 2.05) is 48.5 Å². The van der Waals surface area contributed by atoms with E-state index in [2.05, 4.69) is 12.1 Å². The highest BCUT2D eigenvalue weighted by molar-refractivity contribution is 7.98. The Hall–Kier alpha value is -2.50. The monoisotopic (exact) mass is 379 g/mol. The molecule has 130 valence electrons. The van der Waals surface area contributed by atoms with Crippen LogP contribution in [0, 0.1) is 0 Å². The molecule has 0 amide bonds. The minimum absolute atomic E-state index is 0.292. The van der Waals surface area contributed by atoms with Crippen LogP contribution >= 0.6 is 11.8 Å². The average molecular weight is 380 g/mol. The molecule has 0 N–H and O–H groups in total. The van der Waals surface area contributed by atoms with Crippen molar-refractivity contribution < 1.29 is 8.42 Å². The number of nitrogens with zero attached hydrogens (tertiary/aromatic N) is 1. The third-order valence-corrected chi connectivity index (χ3v) is 7.04. The molecule has 0 atom stereocenters. The zero-order valence-electron chi connectivity index (χ0n) is 13.9. The van der Waals surface area contributed by atoms with E-state index in [9.17, 15) is 8.42 Å². The Balaban J connectivity index is 1.72. The van der Waals surface area contributed by atoms with Gasteiger partial charge in [0.05, 0.1) is 10.4 Å². The highest BCUT2D eigenvalue weighted by Crippen LogP contribution is 2.32. The second-order valence-corrected chi connectivity index (χ2v) is 8.72. The topological polar surface area (TPSA) is 39.1 Å². The lowest BCUT2D eigenvalue weighted by Crippen LogP contribution is -2.11. The summed E-state index contributed by atoms with van der Waals surface area (Å²) in [4.78, 5) is 1.37. The lowest BCUT2D eigenvalue weighted by molar-refractivity contribution is 0.589. The van der Waals surface area contributed by atoms with Crippen molar-refractivity contribution in [3.8, 4) is 0 Å². The Morgan fingerprint density at radius 3 is 2.19 bits per heavy atom. The molecule has 0 aliphatic rings. The predicted molar refractivity (Wildman–Crippen MR) is 107 cm³/mol. The molecule has 0 spiro atoms. The molecule has 26 heavy (non-hydrogen) atoms. The molecule has 0 bridgehead atoms. The first-order valence-electron chi connectivity index (χ1n) is 8.24. The van der Waals surface area contributed by atoms with Crippen LogP contribution in [0.2, 0.25) is 0 Å². The molecule has 0 saturated carbocycles. The van der Waals surface area contributed by atoms with E-state index in [4.69, 9.17) is 0 Å². The molecule has 0 unspecified atom stereocenters. The molecule has 0 aliphatic carbocycles. The first-order chi connectivity index (χ1) is 12.7. The van der Waals surface area contributed by atoms with Crippen LogP contribution in [-0.2, 0) is 15.8 Å². The van der Waals surface area contributed by atoms with Crippen molar-refractivity contribution in [3.05, 3.63) is 96.7 Å². The summed E-state index contributed by atoms with van der Waals surface area (Å²) in [5, 5.41) is 0.952. The summed E-state index contributed by atoms with van der Waals surface area (Å²) >= 11 is 1.71. The Morgan fingerprint density at radius 1 is 0.769 bits per heavy atom. The van der Waals surface area contributed by atoms with Gasteiger partial charge in [-0.2, -0.15) is 0 Å². The summed E-state index contributed by atoms with van der Waals surface area (Å²) in [6.07, 6.45) is 1.64. The number of benzene rings is 3. The largest absolute Gasteiger partial charge is 0.268 e. The van der Waals surface area contributed by atoms with Crippen molar-refractivity contribution in [2.24, 2.45) is 0 Å². The summed E-state index contributed by atoms with van der Waals surface area (Å²) < 4.78 is 27.3. The Labute approximate surface area is 157 Å². The summed E-state index contributed by atoms with van der Waals surface area (Å²) in [5.41, 5.74) is 1.94. The molecule has 4 aromatic rings. The van der Waals surface area contributed by atoms with Gasteiger partial charge in [0.2, 0.25) is 0 Å². The number of thioether (sulfide) groups is 1. The first kappa shape index (κ1) is 16.9. The molecule has 0 radical (unpaired) electrons. The number of rotatable bonds is 5. The summed E-state index contributed by atoms with van der Waals surface area (Å²) in [6, 6.07) is 26.4. The molecule has 3 aromatic carbocycles. The standard InChI is InChI=1S/C21H17NO2S2/c23-26(24,18-10-5-2-6-11-18)22-15-14-19-20(22)12-7-13-21(19)25-16-17-8-3-1-4-9-17/h1-15H,16H2. The summed E-state index contributed by atoms with van der Waals surface area (Å²) in [6.45, 7) is 0.